The van der Waals surface area contributed by atoms with Crippen molar-refractivity contribution in [1.82, 2.24) is 5.32 Å². The lowest BCUT2D eigenvalue weighted by molar-refractivity contribution is 0.0416. The van der Waals surface area contributed by atoms with E-state index in [9.17, 15) is 4.57 Å². The Hall–Kier alpha value is -1.53. The molecule has 2 aromatic rings. The monoisotopic (exact) mass is 377 g/mol. The summed E-state index contributed by atoms with van der Waals surface area (Å²) in [4.78, 5) is 0. The van der Waals surface area contributed by atoms with E-state index in [-0.39, 0.29) is 25.9 Å². The fourth-order valence-corrected chi connectivity index (χ4v) is 3.68. The summed E-state index contributed by atoms with van der Waals surface area (Å²) in [5, 5.41) is 3.26. The molecule has 0 aliphatic carbocycles. The SMILES string of the molecule is O=P(OCc1ccccc1)(OCc1ccccc1)OC[C@@H]1COCCN1. The van der Waals surface area contributed by atoms with Crippen molar-refractivity contribution in [2.45, 2.75) is 19.3 Å². The molecule has 1 saturated heterocycles. The van der Waals surface area contributed by atoms with E-state index in [1.165, 1.54) is 0 Å². The first-order valence-electron chi connectivity index (χ1n) is 8.66. The zero-order chi connectivity index (χ0) is 18.1. The van der Waals surface area contributed by atoms with E-state index < -0.39 is 7.82 Å². The molecule has 0 aromatic heterocycles. The number of phosphoric ester groups is 1. The molecule has 7 heteroatoms. The van der Waals surface area contributed by atoms with Gasteiger partial charge in [-0.15, -0.1) is 0 Å². The lowest BCUT2D eigenvalue weighted by atomic mass is 10.2. The maximum atomic E-state index is 13.1. The Kier molecular flexibility index (Phi) is 7.38. The molecule has 140 valence electrons. The van der Waals surface area contributed by atoms with E-state index >= 15 is 0 Å². The normalized spacial score (nSPS) is 17.9. The van der Waals surface area contributed by atoms with Crippen LogP contribution in [0.3, 0.4) is 0 Å². The first-order valence-corrected chi connectivity index (χ1v) is 10.1. The lowest BCUT2D eigenvalue weighted by Crippen LogP contribution is -2.44. The van der Waals surface area contributed by atoms with Crippen molar-refractivity contribution < 1.29 is 22.9 Å². The average molecular weight is 377 g/mol. The van der Waals surface area contributed by atoms with E-state index in [1.807, 2.05) is 60.7 Å². The molecule has 1 aliphatic rings. The maximum absolute atomic E-state index is 13.1. The molecule has 1 heterocycles. The molecule has 0 spiro atoms. The Morgan fingerprint density at radius 3 is 2.00 bits per heavy atom. The van der Waals surface area contributed by atoms with Crippen LogP contribution in [-0.2, 0) is 36.1 Å². The van der Waals surface area contributed by atoms with Gasteiger partial charge < -0.3 is 10.1 Å². The summed E-state index contributed by atoms with van der Waals surface area (Å²) in [6, 6.07) is 19.0. The van der Waals surface area contributed by atoms with Crippen molar-refractivity contribution >= 4 is 7.82 Å². The summed E-state index contributed by atoms with van der Waals surface area (Å²) >= 11 is 0. The van der Waals surface area contributed by atoms with Crippen LogP contribution in [0.4, 0.5) is 0 Å². The third-order valence-electron chi connectivity index (χ3n) is 3.90. The Labute approximate surface area is 154 Å². The molecule has 3 rings (SSSR count). The fraction of sp³-hybridized carbons (Fsp3) is 0.368. The number of benzene rings is 2. The number of hydrogen-bond acceptors (Lipinski definition) is 6. The van der Waals surface area contributed by atoms with E-state index in [2.05, 4.69) is 5.32 Å². The second-order valence-electron chi connectivity index (χ2n) is 5.99. The maximum Gasteiger partial charge on any atom is 0.475 e. The third-order valence-corrected chi connectivity index (χ3v) is 5.25. The van der Waals surface area contributed by atoms with Gasteiger partial charge in [-0.1, -0.05) is 60.7 Å². The van der Waals surface area contributed by atoms with Gasteiger partial charge in [-0.2, -0.15) is 0 Å². The van der Waals surface area contributed by atoms with Crippen LogP contribution in [0.15, 0.2) is 60.7 Å². The second-order valence-corrected chi connectivity index (χ2v) is 7.66. The predicted octanol–water partition coefficient (Wildman–Crippen LogP) is 3.53. The molecule has 26 heavy (non-hydrogen) atoms. The molecule has 2 aromatic carbocycles. The molecule has 1 atom stereocenters. The van der Waals surface area contributed by atoms with Gasteiger partial charge in [0.1, 0.15) is 0 Å². The third kappa shape index (κ3) is 6.32. The summed E-state index contributed by atoms with van der Waals surface area (Å²) in [7, 11) is -3.71. The van der Waals surface area contributed by atoms with Crippen LogP contribution in [0.1, 0.15) is 11.1 Å². The Balaban J connectivity index is 1.59. The Bertz CT molecular complexity index is 644. The number of hydrogen-bond donors (Lipinski definition) is 1. The van der Waals surface area contributed by atoms with Crippen molar-refractivity contribution in [3.63, 3.8) is 0 Å². The summed E-state index contributed by atoms with van der Waals surface area (Å²) in [6.45, 7) is 2.43. The van der Waals surface area contributed by atoms with Gasteiger partial charge in [-0.05, 0) is 11.1 Å². The topological polar surface area (TPSA) is 66.0 Å². The molecule has 0 amide bonds. The number of rotatable bonds is 9. The number of phosphoric acid groups is 1. The number of nitrogens with one attached hydrogen (secondary N) is 1. The standard InChI is InChI=1S/C19H24NO5P/c21-26(23-13-17-7-3-1-4-8-17,24-14-18-9-5-2-6-10-18)25-16-19-15-22-12-11-20-19/h1-10,19-20H,11-16H2/t19-/m0/s1. The predicted molar refractivity (Wildman–Crippen MR) is 98.6 cm³/mol. The average Bonchev–Trinajstić information content (AvgIpc) is 2.72. The van der Waals surface area contributed by atoms with Gasteiger partial charge in [0.15, 0.2) is 0 Å². The van der Waals surface area contributed by atoms with Gasteiger partial charge in [0.05, 0.1) is 39.1 Å². The molecule has 1 N–H and O–H groups in total. The van der Waals surface area contributed by atoms with E-state index in [0.717, 1.165) is 17.7 Å². The highest BCUT2D eigenvalue weighted by Gasteiger charge is 2.29. The highest BCUT2D eigenvalue weighted by Crippen LogP contribution is 2.51. The number of ether oxygens (including phenoxy) is 1. The van der Waals surface area contributed by atoms with Gasteiger partial charge in [0.2, 0.25) is 0 Å². The van der Waals surface area contributed by atoms with Gasteiger partial charge in [-0.3, -0.25) is 13.6 Å². The molecule has 0 bridgehead atoms. The molecule has 0 saturated carbocycles. The zero-order valence-electron chi connectivity index (χ0n) is 14.6. The van der Waals surface area contributed by atoms with Crippen LogP contribution in [-0.4, -0.2) is 32.4 Å². The van der Waals surface area contributed by atoms with Gasteiger partial charge in [0, 0.05) is 6.54 Å². The minimum absolute atomic E-state index is 0.0299. The first-order chi connectivity index (χ1) is 12.7. The lowest BCUT2D eigenvalue weighted by Gasteiger charge is -2.25. The molecular weight excluding hydrogens is 353 g/mol. The van der Waals surface area contributed by atoms with Crippen molar-refractivity contribution in [3.05, 3.63) is 71.8 Å². The van der Waals surface area contributed by atoms with E-state index in [4.69, 9.17) is 18.3 Å². The Morgan fingerprint density at radius 1 is 0.923 bits per heavy atom. The first kappa shape index (κ1) is 19.2. The summed E-state index contributed by atoms with van der Waals surface area (Å²) < 4.78 is 35.2. The number of morpholine rings is 1. The summed E-state index contributed by atoms with van der Waals surface area (Å²) in [5.74, 6) is 0. The van der Waals surface area contributed by atoms with Gasteiger partial charge in [0.25, 0.3) is 0 Å². The largest absolute Gasteiger partial charge is 0.475 e. The quantitative estimate of drug-likeness (QED) is 0.675. The van der Waals surface area contributed by atoms with Crippen LogP contribution in [0.25, 0.3) is 0 Å². The van der Waals surface area contributed by atoms with Crippen LogP contribution in [0.2, 0.25) is 0 Å². The highest BCUT2D eigenvalue weighted by atomic mass is 31.2. The molecular formula is C19H24NO5P. The summed E-state index contributed by atoms with van der Waals surface area (Å²) in [5.41, 5.74) is 1.80. The zero-order valence-corrected chi connectivity index (χ0v) is 15.5. The Morgan fingerprint density at radius 2 is 1.50 bits per heavy atom. The van der Waals surface area contributed by atoms with Gasteiger partial charge >= 0.3 is 7.82 Å². The van der Waals surface area contributed by atoms with Crippen LogP contribution in [0.5, 0.6) is 0 Å². The molecule has 1 fully saturated rings. The molecule has 1 aliphatic heterocycles. The molecule has 0 radical (unpaired) electrons. The minimum Gasteiger partial charge on any atom is -0.378 e. The van der Waals surface area contributed by atoms with Crippen molar-refractivity contribution in [2.24, 2.45) is 0 Å². The van der Waals surface area contributed by atoms with Crippen LogP contribution < -0.4 is 5.32 Å². The van der Waals surface area contributed by atoms with E-state index in [0.29, 0.717) is 13.2 Å². The van der Waals surface area contributed by atoms with Crippen molar-refractivity contribution in [3.8, 4) is 0 Å². The second kappa shape index (κ2) is 9.97. The smallest absolute Gasteiger partial charge is 0.378 e. The highest BCUT2D eigenvalue weighted by molar-refractivity contribution is 7.48. The molecule has 0 unspecified atom stereocenters. The summed E-state index contributed by atoms with van der Waals surface area (Å²) in [6.07, 6.45) is 0. The van der Waals surface area contributed by atoms with Crippen LogP contribution >= 0.6 is 7.82 Å². The van der Waals surface area contributed by atoms with Crippen molar-refractivity contribution in [1.29, 1.82) is 0 Å². The minimum atomic E-state index is -3.71. The molecule has 6 nitrogen and oxygen atoms in total. The van der Waals surface area contributed by atoms with Crippen molar-refractivity contribution in [2.75, 3.05) is 26.4 Å². The van der Waals surface area contributed by atoms with Crippen LogP contribution in [0, 0.1) is 0 Å². The van der Waals surface area contributed by atoms with Gasteiger partial charge in [-0.25, -0.2) is 4.57 Å². The fourth-order valence-electron chi connectivity index (χ4n) is 2.48. The van der Waals surface area contributed by atoms with E-state index in [1.54, 1.807) is 0 Å².